The highest BCUT2D eigenvalue weighted by atomic mass is 127. The van der Waals surface area contributed by atoms with E-state index in [0.717, 1.165) is 54.3 Å². The predicted molar refractivity (Wildman–Crippen MR) is 142 cm³/mol. The monoisotopic (exact) mass is 556 g/mol. The molecule has 0 saturated heterocycles. The van der Waals surface area contributed by atoms with Crippen LogP contribution in [-0.2, 0) is 9.53 Å². The number of ether oxygens (including phenoxy) is 1. The molecule has 2 nitrogen and oxygen atoms in total. The molecule has 4 aliphatic carbocycles. The summed E-state index contributed by atoms with van der Waals surface area (Å²) in [7, 11) is 0. The summed E-state index contributed by atoms with van der Waals surface area (Å²) in [6, 6.07) is 0. The molecular weight excluding hydrogens is 507 g/mol. The SMILES string of the molecule is CC(C)CCC[C@@H](C)[C@@H]1CC[C@@H]2[C@@H]3CC[C@H]4C[C@H](OC(=O)CI)CC[C@]4(C)[C@@H]3CC[C@]21C. The Bertz CT molecular complexity index is 662. The molecule has 3 heteroatoms. The van der Waals surface area contributed by atoms with E-state index in [0.29, 0.717) is 15.3 Å². The Hall–Kier alpha value is 0.200. The molecule has 0 unspecified atom stereocenters. The third kappa shape index (κ3) is 4.68. The second-order valence-corrected chi connectivity index (χ2v) is 14.0. The second-order valence-electron chi connectivity index (χ2n) is 13.2. The van der Waals surface area contributed by atoms with Crippen molar-refractivity contribution in [1.29, 1.82) is 0 Å². The number of alkyl halides is 1. The first-order chi connectivity index (χ1) is 15.2. The van der Waals surface area contributed by atoms with Crippen LogP contribution in [0.15, 0.2) is 0 Å². The van der Waals surface area contributed by atoms with Gasteiger partial charge >= 0.3 is 5.97 Å². The lowest BCUT2D eigenvalue weighted by molar-refractivity contribution is -0.159. The standard InChI is InChI=1S/C29H49IO2/c1-19(2)7-6-8-20(3)24-11-12-25-23-10-9-21-17-22(32-27(31)18-30)13-15-28(21,4)26(23)14-16-29(24,25)5/h19-26H,6-18H2,1-5H3/t20-,21+,22-,23+,24+,25-,26-,28+,29+/m1/s1. The van der Waals surface area contributed by atoms with Crippen molar-refractivity contribution in [1.82, 2.24) is 0 Å². The Morgan fingerprint density at radius 2 is 1.66 bits per heavy atom. The highest BCUT2D eigenvalue weighted by molar-refractivity contribution is 14.1. The maximum Gasteiger partial charge on any atom is 0.316 e. The van der Waals surface area contributed by atoms with Crippen LogP contribution >= 0.6 is 22.6 Å². The van der Waals surface area contributed by atoms with E-state index in [1.807, 2.05) is 0 Å². The lowest BCUT2D eigenvalue weighted by Gasteiger charge is -2.61. The molecule has 0 radical (unpaired) electrons. The van der Waals surface area contributed by atoms with Gasteiger partial charge in [-0.1, -0.05) is 76.5 Å². The highest BCUT2D eigenvalue weighted by Crippen LogP contribution is 2.68. The van der Waals surface area contributed by atoms with E-state index in [1.54, 1.807) is 0 Å². The fourth-order valence-corrected chi connectivity index (χ4v) is 9.75. The number of hydrogen-bond donors (Lipinski definition) is 0. The number of esters is 1. The van der Waals surface area contributed by atoms with Gasteiger partial charge in [-0.15, -0.1) is 0 Å². The van der Waals surface area contributed by atoms with Crippen LogP contribution < -0.4 is 0 Å². The summed E-state index contributed by atoms with van der Waals surface area (Å²) < 4.78 is 6.28. The first-order valence-corrected chi connectivity index (χ1v) is 15.5. The van der Waals surface area contributed by atoms with Crippen molar-refractivity contribution in [3.63, 3.8) is 0 Å². The molecule has 0 spiro atoms. The van der Waals surface area contributed by atoms with Gasteiger partial charge in [-0.2, -0.15) is 0 Å². The van der Waals surface area contributed by atoms with Gasteiger partial charge in [0.15, 0.2) is 0 Å². The number of halogens is 1. The van der Waals surface area contributed by atoms with Crippen LogP contribution in [0.2, 0.25) is 0 Å². The molecule has 4 rings (SSSR count). The molecule has 0 aromatic heterocycles. The molecule has 0 amide bonds. The van der Waals surface area contributed by atoms with Crippen molar-refractivity contribution in [2.24, 2.45) is 52.3 Å². The Balaban J connectivity index is 1.42. The van der Waals surface area contributed by atoms with E-state index in [9.17, 15) is 4.79 Å². The topological polar surface area (TPSA) is 26.3 Å². The van der Waals surface area contributed by atoms with Crippen molar-refractivity contribution in [2.45, 2.75) is 118 Å². The number of hydrogen-bond acceptors (Lipinski definition) is 2. The van der Waals surface area contributed by atoms with Crippen LogP contribution in [0, 0.1) is 52.3 Å². The molecule has 0 aliphatic heterocycles. The van der Waals surface area contributed by atoms with E-state index in [-0.39, 0.29) is 12.1 Å². The molecule has 0 heterocycles. The summed E-state index contributed by atoms with van der Waals surface area (Å²) >= 11 is 2.13. The van der Waals surface area contributed by atoms with Gasteiger partial charge in [-0.3, -0.25) is 4.79 Å². The molecule has 4 aliphatic rings. The largest absolute Gasteiger partial charge is 0.462 e. The molecule has 4 fully saturated rings. The molecule has 9 atom stereocenters. The van der Waals surface area contributed by atoms with Gasteiger partial charge < -0.3 is 4.74 Å². The molecule has 4 saturated carbocycles. The normalized spacial score (nSPS) is 44.5. The van der Waals surface area contributed by atoms with Gasteiger partial charge in [-0.25, -0.2) is 0 Å². The fraction of sp³-hybridized carbons (Fsp3) is 0.966. The zero-order chi connectivity index (χ0) is 23.1. The first-order valence-electron chi connectivity index (χ1n) is 13.9. The van der Waals surface area contributed by atoms with Gasteiger partial charge in [-0.05, 0) is 110 Å². The van der Waals surface area contributed by atoms with Crippen molar-refractivity contribution in [3.8, 4) is 0 Å². The minimum atomic E-state index is -0.0131. The third-order valence-corrected chi connectivity index (χ3v) is 11.8. The Kier molecular flexibility index (Phi) is 7.95. The lowest BCUT2D eigenvalue weighted by Crippen LogP contribution is -2.54. The zero-order valence-electron chi connectivity index (χ0n) is 21.5. The van der Waals surface area contributed by atoms with E-state index in [2.05, 4.69) is 57.2 Å². The first kappa shape index (κ1) is 25.3. The van der Waals surface area contributed by atoms with Crippen molar-refractivity contribution >= 4 is 28.6 Å². The summed E-state index contributed by atoms with van der Waals surface area (Å²) in [6.45, 7) is 12.7. The second kappa shape index (κ2) is 10.1. The number of carbonyl (C=O) groups excluding carboxylic acids is 1. The molecule has 32 heavy (non-hydrogen) atoms. The Morgan fingerprint density at radius 1 is 0.938 bits per heavy atom. The summed E-state index contributed by atoms with van der Waals surface area (Å²) in [5.41, 5.74) is 1.08. The average Bonchev–Trinajstić information content (AvgIpc) is 3.11. The smallest absolute Gasteiger partial charge is 0.316 e. The maximum absolute atomic E-state index is 11.9. The van der Waals surface area contributed by atoms with Crippen LogP contribution in [0.3, 0.4) is 0 Å². The summed E-state index contributed by atoms with van der Waals surface area (Å²) in [5.74, 6) is 6.28. The van der Waals surface area contributed by atoms with Crippen LogP contribution in [-0.4, -0.2) is 16.5 Å². The fourth-order valence-electron chi connectivity index (χ4n) is 9.57. The lowest BCUT2D eigenvalue weighted by atomic mass is 9.44. The van der Waals surface area contributed by atoms with Gasteiger partial charge in [0.1, 0.15) is 6.10 Å². The molecule has 0 N–H and O–H groups in total. The number of fused-ring (bicyclic) bond motifs is 5. The highest BCUT2D eigenvalue weighted by Gasteiger charge is 2.60. The van der Waals surface area contributed by atoms with Crippen LogP contribution in [0.1, 0.15) is 112 Å². The molecule has 0 aromatic rings. The molecule has 184 valence electrons. The summed E-state index contributed by atoms with van der Waals surface area (Å²) in [4.78, 5) is 11.9. The van der Waals surface area contributed by atoms with E-state index >= 15 is 0 Å². The van der Waals surface area contributed by atoms with Gasteiger partial charge in [0.25, 0.3) is 0 Å². The Morgan fingerprint density at radius 3 is 2.38 bits per heavy atom. The zero-order valence-corrected chi connectivity index (χ0v) is 23.7. The van der Waals surface area contributed by atoms with Gasteiger partial charge in [0.05, 0.1) is 4.43 Å². The maximum atomic E-state index is 11.9. The summed E-state index contributed by atoms with van der Waals surface area (Å²) in [5, 5.41) is 0. The van der Waals surface area contributed by atoms with E-state index in [4.69, 9.17) is 4.74 Å². The molecule has 0 aromatic carbocycles. The van der Waals surface area contributed by atoms with Crippen molar-refractivity contribution < 1.29 is 9.53 Å². The van der Waals surface area contributed by atoms with Crippen LogP contribution in [0.4, 0.5) is 0 Å². The minimum absolute atomic E-state index is 0.0131. The predicted octanol–water partition coefficient (Wildman–Crippen LogP) is 8.45. The quantitative estimate of drug-likeness (QED) is 0.179. The molecular formula is C29H49IO2. The van der Waals surface area contributed by atoms with Crippen molar-refractivity contribution in [2.75, 3.05) is 4.43 Å². The van der Waals surface area contributed by atoms with Crippen LogP contribution in [0.5, 0.6) is 0 Å². The van der Waals surface area contributed by atoms with Crippen LogP contribution in [0.25, 0.3) is 0 Å². The van der Waals surface area contributed by atoms with E-state index in [1.165, 1.54) is 64.2 Å². The van der Waals surface area contributed by atoms with Gasteiger partial charge in [0.2, 0.25) is 0 Å². The number of carbonyl (C=O) groups is 1. The summed E-state index contributed by atoms with van der Waals surface area (Å²) in [6.07, 6.45) is 16.6. The third-order valence-electron chi connectivity index (χ3n) is 11.2. The minimum Gasteiger partial charge on any atom is -0.462 e. The molecule has 0 bridgehead atoms. The van der Waals surface area contributed by atoms with Gasteiger partial charge in [0, 0.05) is 0 Å². The van der Waals surface area contributed by atoms with E-state index < -0.39 is 0 Å². The number of rotatable bonds is 7. The Labute approximate surface area is 211 Å². The average molecular weight is 557 g/mol. The van der Waals surface area contributed by atoms with Crippen molar-refractivity contribution in [3.05, 3.63) is 0 Å².